The van der Waals surface area contributed by atoms with Crippen molar-refractivity contribution in [2.45, 2.75) is 6.42 Å². The molecule has 1 aromatic heterocycles. The highest BCUT2D eigenvalue weighted by molar-refractivity contribution is 5.37. The Morgan fingerprint density at radius 3 is 2.71 bits per heavy atom. The normalized spacial score (nSPS) is 15.2. The maximum absolute atomic E-state index is 5.34. The van der Waals surface area contributed by atoms with Crippen LogP contribution in [-0.2, 0) is 11.2 Å². The van der Waals surface area contributed by atoms with Crippen molar-refractivity contribution in [2.24, 2.45) is 0 Å². The third kappa shape index (κ3) is 5.43. The smallest absolute Gasteiger partial charge is 0.244 e. The van der Waals surface area contributed by atoms with Crippen molar-refractivity contribution in [2.75, 3.05) is 56.6 Å². The molecule has 7 heteroatoms. The molecule has 1 aromatic carbocycles. The first kappa shape index (κ1) is 16.6. The van der Waals surface area contributed by atoms with E-state index in [4.69, 9.17) is 4.74 Å². The molecule has 0 radical (unpaired) electrons. The van der Waals surface area contributed by atoms with Crippen molar-refractivity contribution >= 4 is 11.8 Å². The van der Waals surface area contributed by atoms with E-state index in [1.807, 2.05) is 6.07 Å². The Morgan fingerprint density at radius 1 is 1.04 bits per heavy atom. The molecule has 2 heterocycles. The van der Waals surface area contributed by atoms with E-state index in [2.05, 4.69) is 55.0 Å². The molecule has 0 bridgehead atoms. The first-order valence-corrected chi connectivity index (χ1v) is 8.42. The average molecular weight is 328 g/mol. The van der Waals surface area contributed by atoms with Crippen LogP contribution in [0.15, 0.2) is 36.5 Å². The van der Waals surface area contributed by atoms with Crippen molar-refractivity contribution < 1.29 is 4.74 Å². The lowest BCUT2D eigenvalue weighted by Crippen LogP contribution is -2.39. The zero-order valence-electron chi connectivity index (χ0n) is 13.8. The molecular formula is C17H24N6O. The van der Waals surface area contributed by atoms with E-state index in [-0.39, 0.29) is 0 Å². The number of hydrogen-bond donors (Lipinski definition) is 2. The second-order valence-electron chi connectivity index (χ2n) is 5.71. The fraction of sp³-hybridized carbons (Fsp3) is 0.471. The number of nitrogens with zero attached hydrogens (tertiary/aromatic N) is 4. The summed E-state index contributed by atoms with van der Waals surface area (Å²) in [4.78, 5) is 6.81. The Hall–Kier alpha value is -2.25. The quantitative estimate of drug-likeness (QED) is 0.756. The maximum atomic E-state index is 5.34. The third-order valence-electron chi connectivity index (χ3n) is 3.94. The molecule has 0 aliphatic carbocycles. The van der Waals surface area contributed by atoms with Gasteiger partial charge in [-0.15, -0.1) is 5.10 Å². The third-order valence-corrected chi connectivity index (χ3v) is 3.94. The van der Waals surface area contributed by atoms with Gasteiger partial charge in [-0.05, 0) is 12.0 Å². The number of ether oxygens (including phenoxy) is 1. The van der Waals surface area contributed by atoms with Crippen LogP contribution in [0, 0.1) is 0 Å². The maximum Gasteiger partial charge on any atom is 0.244 e. The van der Waals surface area contributed by atoms with E-state index < -0.39 is 0 Å². The fourth-order valence-corrected chi connectivity index (χ4v) is 2.59. The van der Waals surface area contributed by atoms with Gasteiger partial charge < -0.3 is 15.4 Å². The number of hydrogen-bond acceptors (Lipinski definition) is 7. The van der Waals surface area contributed by atoms with E-state index in [1.54, 1.807) is 6.20 Å². The highest BCUT2D eigenvalue weighted by Gasteiger charge is 2.09. The Morgan fingerprint density at radius 2 is 1.88 bits per heavy atom. The molecule has 1 fully saturated rings. The van der Waals surface area contributed by atoms with Gasteiger partial charge in [-0.25, -0.2) is 0 Å². The molecule has 128 valence electrons. The number of morpholine rings is 1. The lowest BCUT2D eigenvalue weighted by atomic mass is 10.1. The molecular weight excluding hydrogens is 304 g/mol. The SMILES string of the molecule is c1ccc(CCNc2cnnc(NCCN3CCOCC3)n2)cc1. The molecule has 2 aromatic rings. The first-order chi connectivity index (χ1) is 11.9. The molecule has 1 aliphatic rings. The molecule has 7 nitrogen and oxygen atoms in total. The number of nitrogens with one attached hydrogen (secondary N) is 2. The minimum atomic E-state index is 0.563. The Labute approximate surface area is 142 Å². The Kier molecular flexibility index (Phi) is 6.33. The second-order valence-corrected chi connectivity index (χ2v) is 5.71. The summed E-state index contributed by atoms with van der Waals surface area (Å²) in [6.45, 7) is 6.19. The lowest BCUT2D eigenvalue weighted by Gasteiger charge is -2.26. The van der Waals surface area contributed by atoms with Crippen LogP contribution in [0.25, 0.3) is 0 Å². The van der Waals surface area contributed by atoms with Crippen LogP contribution in [0.5, 0.6) is 0 Å². The summed E-state index contributed by atoms with van der Waals surface area (Å²) >= 11 is 0. The number of aromatic nitrogens is 3. The molecule has 0 unspecified atom stereocenters. The second kappa shape index (κ2) is 9.14. The summed E-state index contributed by atoms with van der Waals surface area (Å²) in [7, 11) is 0. The largest absolute Gasteiger partial charge is 0.379 e. The number of anilines is 2. The van der Waals surface area contributed by atoms with E-state index in [9.17, 15) is 0 Å². The van der Waals surface area contributed by atoms with Gasteiger partial charge in [-0.2, -0.15) is 10.1 Å². The highest BCUT2D eigenvalue weighted by atomic mass is 16.5. The molecule has 24 heavy (non-hydrogen) atoms. The van der Waals surface area contributed by atoms with Crippen molar-refractivity contribution in [1.29, 1.82) is 0 Å². The van der Waals surface area contributed by atoms with Crippen LogP contribution < -0.4 is 10.6 Å². The molecule has 0 atom stereocenters. The minimum Gasteiger partial charge on any atom is -0.379 e. The molecule has 0 amide bonds. The fourth-order valence-electron chi connectivity index (χ4n) is 2.59. The summed E-state index contributed by atoms with van der Waals surface area (Å²) in [6, 6.07) is 10.4. The molecule has 0 saturated carbocycles. The van der Waals surface area contributed by atoms with Gasteiger partial charge in [0.2, 0.25) is 5.95 Å². The summed E-state index contributed by atoms with van der Waals surface area (Å²) in [6.07, 6.45) is 2.60. The van der Waals surface area contributed by atoms with Crippen molar-refractivity contribution in [3.05, 3.63) is 42.1 Å². The zero-order chi connectivity index (χ0) is 16.5. The van der Waals surface area contributed by atoms with Crippen LogP contribution >= 0.6 is 0 Å². The van der Waals surface area contributed by atoms with Gasteiger partial charge in [0.25, 0.3) is 0 Å². The lowest BCUT2D eigenvalue weighted by molar-refractivity contribution is 0.0398. The van der Waals surface area contributed by atoms with Crippen LogP contribution in [0.1, 0.15) is 5.56 Å². The summed E-state index contributed by atoms with van der Waals surface area (Å²) in [5, 5.41) is 14.6. The minimum absolute atomic E-state index is 0.563. The van der Waals surface area contributed by atoms with Crippen molar-refractivity contribution in [3.63, 3.8) is 0 Å². The van der Waals surface area contributed by atoms with Gasteiger partial charge in [0, 0.05) is 32.7 Å². The van der Waals surface area contributed by atoms with Crippen molar-refractivity contribution in [1.82, 2.24) is 20.1 Å². The topological polar surface area (TPSA) is 75.2 Å². The zero-order valence-corrected chi connectivity index (χ0v) is 13.8. The molecule has 3 rings (SSSR count). The van der Waals surface area contributed by atoms with Gasteiger partial charge in [0.05, 0.1) is 19.4 Å². The molecule has 1 saturated heterocycles. The average Bonchev–Trinajstić information content (AvgIpc) is 2.64. The number of benzene rings is 1. The van der Waals surface area contributed by atoms with E-state index in [0.717, 1.165) is 58.2 Å². The van der Waals surface area contributed by atoms with Crippen molar-refractivity contribution in [3.8, 4) is 0 Å². The van der Waals surface area contributed by atoms with Gasteiger partial charge >= 0.3 is 0 Å². The first-order valence-electron chi connectivity index (χ1n) is 8.42. The van der Waals surface area contributed by atoms with Gasteiger partial charge in [-0.3, -0.25) is 4.90 Å². The van der Waals surface area contributed by atoms with Gasteiger partial charge in [0.15, 0.2) is 5.82 Å². The van der Waals surface area contributed by atoms with Crippen LogP contribution in [0.4, 0.5) is 11.8 Å². The predicted octanol–water partition coefficient (Wildman–Crippen LogP) is 1.27. The van der Waals surface area contributed by atoms with Gasteiger partial charge in [0.1, 0.15) is 0 Å². The van der Waals surface area contributed by atoms with Gasteiger partial charge in [-0.1, -0.05) is 30.3 Å². The summed E-state index contributed by atoms with van der Waals surface area (Å²) < 4.78 is 5.34. The summed E-state index contributed by atoms with van der Waals surface area (Å²) in [5.74, 6) is 1.31. The Balaban J connectivity index is 1.40. The standard InChI is InChI=1S/C17H24N6O/c1-2-4-15(5-3-1)6-7-18-16-14-20-22-17(21-16)19-8-9-23-10-12-24-13-11-23/h1-5,14H,6-13H2,(H2,18,19,21,22). The Bertz CT molecular complexity index is 603. The van der Waals surface area contributed by atoms with E-state index >= 15 is 0 Å². The highest BCUT2D eigenvalue weighted by Crippen LogP contribution is 2.05. The van der Waals surface area contributed by atoms with Crippen LogP contribution in [-0.4, -0.2) is 66.0 Å². The van der Waals surface area contributed by atoms with E-state index in [0.29, 0.717) is 5.95 Å². The predicted molar refractivity (Wildman–Crippen MR) is 94.2 cm³/mol. The molecule has 1 aliphatic heterocycles. The van der Waals surface area contributed by atoms with E-state index in [1.165, 1.54) is 5.56 Å². The van der Waals surface area contributed by atoms with Crippen LogP contribution in [0.2, 0.25) is 0 Å². The molecule has 0 spiro atoms. The summed E-state index contributed by atoms with van der Waals surface area (Å²) in [5.41, 5.74) is 1.30. The van der Waals surface area contributed by atoms with Crippen LogP contribution in [0.3, 0.4) is 0 Å². The monoisotopic (exact) mass is 328 g/mol. The molecule has 2 N–H and O–H groups in total. The number of rotatable bonds is 8.